The van der Waals surface area contributed by atoms with Gasteiger partial charge in [0.1, 0.15) is 23.1 Å². The average Bonchev–Trinajstić information content (AvgIpc) is 3.74. The van der Waals surface area contributed by atoms with Gasteiger partial charge < -0.3 is 34.0 Å². The number of anilines is 2. The van der Waals surface area contributed by atoms with Crippen molar-refractivity contribution in [2.45, 2.75) is 63.8 Å². The zero-order valence-electron chi connectivity index (χ0n) is 27.8. The number of aliphatic hydroxyl groups excluding tert-OH is 1. The lowest BCUT2D eigenvalue weighted by Gasteiger charge is -2.40. The second kappa shape index (κ2) is 14.3. The Bertz CT molecular complexity index is 1460. The molecule has 2 aromatic rings. The maximum atomic E-state index is 14.9. The van der Waals surface area contributed by atoms with Gasteiger partial charge in [-0.2, -0.15) is 0 Å². The topological polar surface area (TPSA) is 109 Å². The van der Waals surface area contributed by atoms with E-state index < -0.39 is 35.6 Å². The highest BCUT2D eigenvalue weighted by Gasteiger charge is 2.75. The fourth-order valence-corrected chi connectivity index (χ4v) is 7.71. The minimum Gasteiger partial charge on any atom is -0.497 e. The van der Waals surface area contributed by atoms with Gasteiger partial charge in [-0.05, 0) is 74.2 Å². The van der Waals surface area contributed by atoms with E-state index >= 15 is 0 Å². The molecule has 2 unspecified atom stereocenters. The van der Waals surface area contributed by atoms with E-state index in [1.807, 2.05) is 45.0 Å². The van der Waals surface area contributed by atoms with Crippen molar-refractivity contribution >= 4 is 29.1 Å². The minimum atomic E-state index is -1.23. The first-order chi connectivity index (χ1) is 22.7. The van der Waals surface area contributed by atoms with Crippen molar-refractivity contribution in [3.63, 3.8) is 0 Å². The van der Waals surface area contributed by atoms with Crippen LogP contribution in [0.2, 0.25) is 0 Å². The summed E-state index contributed by atoms with van der Waals surface area (Å²) in [5, 5.41) is 10.7. The first-order valence-corrected chi connectivity index (χ1v) is 16.5. The third-order valence-electron chi connectivity index (χ3n) is 10.1. The normalized spacial score (nSPS) is 25.6. The lowest BCUT2D eigenvalue weighted by atomic mass is 9.70. The number of aliphatic hydroxyl groups is 1. The van der Waals surface area contributed by atoms with Gasteiger partial charge in [-0.25, -0.2) is 0 Å². The number of carbonyl (C=O) groups is 3. The van der Waals surface area contributed by atoms with E-state index in [2.05, 4.69) is 13.2 Å². The van der Waals surface area contributed by atoms with E-state index in [1.54, 1.807) is 58.2 Å². The molecule has 3 aliphatic heterocycles. The highest BCUT2D eigenvalue weighted by Crippen LogP contribution is 2.59. The molecule has 10 nitrogen and oxygen atoms in total. The van der Waals surface area contributed by atoms with Crippen LogP contribution < -0.4 is 19.3 Å². The van der Waals surface area contributed by atoms with Crippen molar-refractivity contribution in [3.8, 4) is 11.5 Å². The minimum absolute atomic E-state index is 0.115. The number of hydrogen-bond acceptors (Lipinski definition) is 7. The molecule has 1 spiro atoms. The number of nitrogens with zero attached hydrogens (tertiary/aromatic N) is 3. The molecule has 2 aromatic carbocycles. The number of hydrogen-bond donors (Lipinski definition) is 1. The van der Waals surface area contributed by atoms with Crippen LogP contribution >= 0.6 is 0 Å². The van der Waals surface area contributed by atoms with Crippen LogP contribution in [0.1, 0.15) is 40.0 Å². The summed E-state index contributed by atoms with van der Waals surface area (Å²) in [6.45, 7) is 14.2. The largest absolute Gasteiger partial charge is 0.497 e. The van der Waals surface area contributed by atoms with E-state index in [9.17, 15) is 19.5 Å². The van der Waals surface area contributed by atoms with Gasteiger partial charge in [-0.1, -0.05) is 32.4 Å². The van der Waals surface area contributed by atoms with Gasteiger partial charge in [-0.15, -0.1) is 13.2 Å². The average molecular weight is 646 g/mol. The van der Waals surface area contributed by atoms with Gasteiger partial charge in [0, 0.05) is 24.5 Å². The SMILES string of the molecule is C=CCN(C(=O)C1N([C@@H](CO)[C@@H](C)CC)C(=O)[C@@H]2[C@H](C(=O)N(CC=C)c3ccc(OCC)cc3)[C@@H]3CCC12O3)c1ccc(OC)cc1. The summed E-state index contributed by atoms with van der Waals surface area (Å²) in [7, 11) is 1.57. The Morgan fingerprint density at radius 3 is 2.11 bits per heavy atom. The summed E-state index contributed by atoms with van der Waals surface area (Å²) in [6.07, 6.45) is 4.41. The van der Waals surface area contributed by atoms with E-state index in [4.69, 9.17) is 14.2 Å². The van der Waals surface area contributed by atoms with E-state index in [1.165, 1.54) is 0 Å². The number of fused-ring (bicyclic) bond motifs is 1. The van der Waals surface area contributed by atoms with Crippen molar-refractivity contribution < 1.29 is 33.7 Å². The van der Waals surface area contributed by atoms with Crippen molar-refractivity contribution in [2.24, 2.45) is 17.8 Å². The fraction of sp³-hybridized carbons (Fsp3) is 0.486. The molecular weight excluding hydrogens is 598 g/mol. The van der Waals surface area contributed by atoms with Crippen molar-refractivity contribution in [1.82, 2.24) is 4.90 Å². The third-order valence-corrected chi connectivity index (χ3v) is 10.1. The molecule has 252 valence electrons. The van der Waals surface area contributed by atoms with Gasteiger partial charge in [0.25, 0.3) is 5.91 Å². The second-order valence-electron chi connectivity index (χ2n) is 12.5. The fourth-order valence-electron chi connectivity index (χ4n) is 7.71. The van der Waals surface area contributed by atoms with E-state index in [-0.39, 0.29) is 43.3 Å². The summed E-state index contributed by atoms with van der Waals surface area (Å²) < 4.78 is 17.7. The summed E-state index contributed by atoms with van der Waals surface area (Å²) in [4.78, 5) is 49.0. The molecule has 0 aliphatic carbocycles. The van der Waals surface area contributed by atoms with Crippen molar-refractivity contribution in [1.29, 1.82) is 0 Å². The molecule has 0 radical (unpaired) electrons. The summed E-state index contributed by atoms with van der Waals surface area (Å²) >= 11 is 0. The van der Waals surface area contributed by atoms with Crippen LogP contribution in [-0.4, -0.2) is 84.9 Å². The second-order valence-corrected chi connectivity index (χ2v) is 12.5. The highest BCUT2D eigenvalue weighted by atomic mass is 16.5. The van der Waals surface area contributed by atoms with Crippen LogP contribution in [0.15, 0.2) is 73.8 Å². The predicted molar refractivity (Wildman–Crippen MR) is 180 cm³/mol. The molecule has 10 heteroatoms. The summed E-state index contributed by atoms with van der Waals surface area (Å²) in [6, 6.07) is 12.7. The number of carbonyl (C=O) groups excluding carboxylic acids is 3. The highest BCUT2D eigenvalue weighted by molar-refractivity contribution is 6.06. The first-order valence-electron chi connectivity index (χ1n) is 16.5. The van der Waals surface area contributed by atoms with Crippen molar-refractivity contribution in [2.75, 3.05) is 43.2 Å². The number of ether oxygens (including phenoxy) is 3. The van der Waals surface area contributed by atoms with Crippen LogP contribution in [0.4, 0.5) is 11.4 Å². The molecule has 0 aromatic heterocycles. The molecule has 47 heavy (non-hydrogen) atoms. The lowest BCUT2D eigenvalue weighted by molar-refractivity contribution is -0.145. The quantitative estimate of drug-likeness (QED) is 0.282. The van der Waals surface area contributed by atoms with Crippen LogP contribution in [0.5, 0.6) is 11.5 Å². The summed E-state index contributed by atoms with van der Waals surface area (Å²) in [5.41, 5.74) is 0.0272. The third kappa shape index (κ3) is 5.93. The van der Waals surface area contributed by atoms with Crippen LogP contribution in [-0.2, 0) is 19.1 Å². The maximum absolute atomic E-state index is 14.9. The molecule has 3 aliphatic rings. The number of methoxy groups -OCH3 is 1. The Morgan fingerprint density at radius 1 is 1.02 bits per heavy atom. The Balaban J connectivity index is 1.58. The molecule has 7 atom stereocenters. The maximum Gasteiger partial charge on any atom is 0.253 e. The molecule has 3 amide bonds. The van der Waals surface area contributed by atoms with E-state index in [0.717, 1.165) is 0 Å². The van der Waals surface area contributed by atoms with Gasteiger partial charge in [-0.3, -0.25) is 14.4 Å². The Morgan fingerprint density at radius 2 is 1.60 bits per heavy atom. The lowest BCUT2D eigenvalue weighted by Crippen LogP contribution is -2.60. The van der Waals surface area contributed by atoms with Crippen LogP contribution in [0.25, 0.3) is 0 Å². The molecule has 3 heterocycles. The number of likely N-dealkylation sites (tertiary alicyclic amines) is 1. The Hall–Kier alpha value is -4.15. The molecule has 3 saturated heterocycles. The van der Waals surface area contributed by atoms with E-state index in [0.29, 0.717) is 48.7 Å². The zero-order valence-corrected chi connectivity index (χ0v) is 27.8. The molecular formula is C37H47N3O7. The van der Waals surface area contributed by atoms with Crippen LogP contribution in [0, 0.1) is 17.8 Å². The van der Waals surface area contributed by atoms with Crippen LogP contribution in [0.3, 0.4) is 0 Å². The molecule has 5 rings (SSSR count). The molecule has 0 saturated carbocycles. The molecule has 3 fully saturated rings. The van der Waals surface area contributed by atoms with Gasteiger partial charge in [0.15, 0.2) is 0 Å². The standard InChI is InChI=1S/C37H47N3O7/c1-7-21-38(25-13-17-28(18-14-25)46-10-4)34(42)31-30-19-20-37(47-30)32(31)35(43)40(29(23-41)24(5)9-3)33(37)36(44)39(22-8-2)26-11-15-27(45-6)16-12-26/h7-8,11-18,24,29-33,41H,1-2,9-10,19-23H2,3-6H3/t24-,29-,30-,31+,32-,33?,37?/m0/s1. The van der Waals surface area contributed by atoms with Crippen molar-refractivity contribution in [3.05, 3.63) is 73.8 Å². The number of amides is 3. The van der Waals surface area contributed by atoms with Gasteiger partial charge in [0.2, 0.25) is 11.8 Å². The molecule has 1 N–H and O–H groups in total. The zero-order chi connectivity index (χ0) is 33.9. The number of rotatable bonds is 15. The summed E-state index contributed by atoms with van der Waals surface area (Å²) in [5.74, 6) is -1.41. The number of benzene rings is 2. The smallest absolute Gasteiger partial charge is 0.253 e. The Labute approximate surface area is 277 Å². The Kier molecular flexibility index (Phi) is 10.4. The van der Waals surface area contributed by atoms with Gasteiger partial charge >= 0.3 is 0 Å². The van der Waals surface area contributed by atoms with Gasteiger partial charge in [0.05, 0.1) is 44.3 Å². The monoisotopic (exact) mass is 645 g/mol. The predicted octanol–water partition coefficient (Wildman–Crippen LogP) is 4.61. The first kappa shape index (κ1) is 34.2. The molecule has 2 bridgehead atoms.